The van der Waals surface area contributed by atoms with Crippen LogP contribution in [0.15, 0.2) is 0 Å². The van der Waals surface area contributed by atoms with Gasteiger partial charge in [0.2, 0.25) is 0 Å². The molecule has 1 saturated carbocycles. The minimum absolute atomic E-state index is 0.101. The summed E-state index contributed by atoms with van der Waals surface area (Å²) in [5, 5.41) is 6.52. The van der Waals surface area contributed by atoms with E-state index in [1.807, 2.05) is 0 Å². The first-order valence-corrected chi connectivity index (χ1v) is 7.19. The number of hydrogen-bond donors (Lipinski definition) is 2. The second kappa shape index (κ2) is 4.64. The Bertz CT molecular complexity index is 402. The molecule has 1 aromatic heterocycles. The average molecular weight is 251 g/mol. The number of amides is 2. The van der Waals surface area contributed by atoms with Crippen LogP contribution < -0.4 is 10.6 Å². The van der Waals surface area contributed by atoms with E-state index in [0.717, 1.165) is 30.8 Å². The zero-order valence-corrected chi connectivity index (χ0v) is 10.6. The summed E-state index contributed by atoms with van der Waals surface area (Å²) >= 11 is 1.64. The number of carbonyl (C=O) groups is 1. The van der Waals surface area contributed by atoms with Gasteiger partial charge in [0.25, 0.3) is 0 Å². The van der Waals surface area contributed by atoms with E-state index in [9.17, 15) is 4.79 Å². The number of rotatable bonds is 2. The second-order valence-electron chi connectivity index (χ2n) is 4.82. The molecule has 0 unspecified atom stereocenters. The first-order valence-electron chi connectivity index (χ1n) is 6.37. The van der Waals surface area contributed by atoms with E-state index in [4.69, 9.17) is 0 Å². The molecule has 0 atom stereocenters. The standard InChI is InChI=1S/C12H17N3OS/c16-11(13-8-6-7-8)15-12-14-9-4-2-1-3-5-10(9)17-12/h8H,1-7H2,(H2,13,14,15,16). The Morgan fingerprint density at radius 3 is 2.88 bits per heavy atom. The van der Waals surface area contributed by atoms with Crippen molar-refractivity contribution in [3.8, 4) is 0 Å². The molecule has 4 nitrogen and oxygen atoms in total. The molecule has 17 heavy (non-hydrogen) atoms. The van der Waals surface area contributed by atoms with Crippen molar-refractivity contribution in [2.24, 2.45) is 0 Å². The van der Waals surface area contributed by atoms with Crippen LogP contribution in [0.3, 0.4) is 0 Å². The number of fused-ring (bicyclic) bond motifs is 1. The minimum atomic E-state index is -0.101. The fourth-order valence-corrected chi connectivity index (χ4v) is 3.17. The summed E-state index contributed by atoms with van der Waals surface area (Å²) in [4.78, 5) is 17.5. The van der Waals surface area contributed by atoms with Gasteiger partial charge in [0, 0.05) is 10.9 Å². The van der Waals surface area contributed by atoms with Crippen LogP contribution in [0.25, 0.3) is 0 Å². The number of nitrogens with zero attached hydrogens (tertiary/aromatic N) is 1. The van der Waals surface area contributed by atoms with E-state index in [1.165, 1.54) is 29.8 Å². The summed E-state index contributed by atoms with van der Waals surface area (Å²) in [6, 6.07) is 0.296. The Labute approximate surface area is 105 Å². The lowest BCUT2D eigenvalue weighted by molar-refractivity contribution is 0.251. The van der Waals surface area contributed by atoms with E-state index in [-0.39, 0.29) is 6.03 Å². The Morgan fingerprint density at radius 2 is 2.06 bits per heavy atom. The lowest BCUT2D eigenvalue weighted by atomic mass is 10.2. The van der Waals surface area contributed by atoms with Crippen LogP contribution in [0.5, 0.6) is 0 Å². The zero-order valence-electron chi connectivity index (χ0n) is 9.79. The molecule has 0 spiro atoms. The summed E-state index contributed by atoms with van der Waals surface area (Å²) < 4.78 is 0. The largest absolute Gasteiger partial charge is 0.335 e. The Kier molecular flexibility index (Phi) is 3.01. The maximum atomic E-state index is 11.6. The van der Waals surface area contributed by atoms with Crippen molar-refractivity contribution < 1.29 is 4.79 Å². The van der Waals surface area contributed by atoms with Crippen LogP contribution in [-0.4, -0.2) is 17.1 Å². The maximum Gasteiger partial charge on any atom is 0.321 e. The normalized spacial score (nSPS) is 19.3. The van der Waals surface area contributed by atoms with Crippen LogP contribution in [-0.2, 0) is 12.8 Å². The van der Waals surface area contributed by atoms with Gasteiger partial charge in [0.05, 0.1) is 5.69 Å². The van der Waals surface area contributed by atoms with Crippen LogP contribution in [0.4, 0.5) is 9.93 Å². The summed E-state index contributed by atoms with van der Waals surface area (Å²) in [6.07, 6.45) is 8.20. The topological polar surface area (TPSA) is 54.0 Å². The average Bonchev–Trinajstić information content (AvgIpc) is 3.05. The third-order valence-electron chi connectivity index (χ3n) is 3.23. The lowest BCUT2D eigenvalue weighted by Gasteiger charge is -2.02. The molecule has 0 aromatic carbocycles. The highest BCUT2D eigenvalue weighted by molar-refractivity contribution is 7.15. The molecule has 1 fully saturated rings. The Morgan fingerprint density at radius 1 is 1.24 bits per heavy atom. The van der Waals surface area contributed by atoms with E-state index in [1.54, 1.807) is 11.3 Å². The fourth-order valence-electron chi connectivity index (χ4n) is 2.13. The number of urea groups is 1. The van der Waals surface area contributed by atoms with Crippen LogP contribution in [0.2, 0.25) is 0 Å². The summed E-state index contributed by atoms with van der Waals surface area (Å²) in [6.45, 7) is 0. The van der Waals surface area contributed by atoms with Crippen molar-refractivity contribution in [1.82, 2.24) is 10.3 Å². The highest BCUT2D eigenvalue weighted by atomic mass is 32.1. The van der Waals surface area contributed by atoms with Crippen molar-refractivity contribution in [3.05, 3.63) is 10.6 Å². The Hall–Kier alpha value is -1.10. The second-order valence-corrected chi connectivity index (χ2v) is 5.91. The summed E-state index contributed by atoms with van der Waals surface area (Å²) in [5.74, 6) is 0. The molecule has 0 saturated heterocycles. The molecule has 5 heteroatoms. The molecule has 2 N–H and O–H groups in total. The molecule has 0 bridgehead atoms. The van der Waals surface area contributed by atoms with Crippen molar-refractivity contribution in [1.29, 1.82) is 0 Å². The van der Waals surface area contributed by atoms with Crippen LogP contribution in [0.1, 0.15) is 42.7 Å². The molecular formula is C12H17N3OS. The molecule has 0 aliphatic heterocycles. The van der Waals surface area contributed by atoms with Gasteiger partial charge in [-0.15, -0.1) is 11.3 Å². The highest BCUT2D eigenvalue weighted by Crippen LogP contribution is 2.29. The van der Waals surface area contributed by atoms with Gasteiger partial charge < -0.3 is 5.32 Å². The first-order chi connectivity index (χ1) is 8.31. The van der Waals surface area contributed by atoms with E-state index < -0.39 is 0 Å². The molecule has 2 amide bonds. The van der Waals surface area contributed by atoms with Gasteiger partial charge in [-0.25, -0.2) is 9.78 Å². The third kappa shape index (κ3) is 2.77. The summed E-state index contributed by atoms with van der Waals surface area (Å²) in [5.41, 5.74) is 1.20. The van der Waals surface area contributed by atoms with Crippen molar-refractivity contribution in [3.63, 3.8) is 0 Å². The van der Waals surface area contributed by atoms with Gasteiger partial charge in [-0.1, -0.05) is 6.42 Å². The van der Waals surface area contributed by atoms with Crippen LogP contribution in [0, 0.1) is 0 Å². The fraction of sp³-hybridized carbons (Fsp3) is 0.667. The number of aromatic nitrogens is 1. The lowest BCUT2D eigenvalue weighted by Crippen LogP contribution is -2.30. The van der Waals surface area contributed by atoms with Gasteiger partial charge in [-0.2, -0.15) is 0 Å². The number of nitrogens with one attached hydrogen (secondary N) is 2. The predicted octanol–water partition coefficient (Wildman–Crippen LogP) is 2.70. The van der Waals surface area contributed by atoms with Crippen molar-refractivity contribution >= 4 is 22.5 Å². The molecule has 92 valence electrons. The molecule has 0 radical (unpaired) electrons. The molecule has 1 aromatic rings. The third-order valence-corrected chi connectivity index (χ3v) is 4.30. The first kappa shape index (κ1) is 11.0. The minimum Gasteiger partial charge on any atom is -0.335 e. The molecule has 3 rings (SSSR count). The van der Waals surface area contributed by atoms with E-state index in [2.05, 4.69) is 15.6 Å². The van der Waals surface area contributed by atoms with Crippen molar-refractivity contribution in [2.75, 3.05) is 5.32 Å². The zero-order chi connectivity index (χ0) is 11.7. The van der Waals surface area contributed by atoms with Crippen LogP contribution >= 0.6 is 11.3 Å². The van der Waals surface area contributed by atoms with Gasteiger partial charge in [0.1, 0.15) is 0 Å². The maximum absolute atomic E-state index is 11.6. The molecule has 1 heterocycles. The quantitative estimate of drug-likeness (QED) is 0.794. The predicted molar refractivity (Wildman–Crippen MR) is 68.5 cm³/mol. The highest BCUT2D eigenvalue weighted by Gasteiger charge is 2.24. The van der Waals surface area contributed by atoms with Gasteiger partial charge in [-0.3, -0.25) is 5.32 Å². The monoisotopic (exact) mass is 251 g/mol. The number of aryl methyl sites for hydroxylation is 2. The molecule has 2 aliphatic rings. The van der Waals surface area contributed by atoms with Gasteiger partial charge in [0.15, 0.2) is 5.13 Å². The van der Waals surface area contributed by atoms with E-state index in [0.29, 0.717) is 6.04 Å². The van der Waals surface area contributed by atoms with Gasteiger partial charge in [-0.05, 0) is 38.5 Å². The number of anilines is 1. The van der Waals surface area contributed by atoms with Crippen molar-refractivity contribution in [2.45, 2.75) is 51.0 Å². The Balaban J connectivity index is 1.64. The SMILES string of the molecule is O=C(Nc1nc2c(s1)CCCCC2)NC1CC1. The molecular weight excluding hydrogens is 234 g/mol. The number of thiazole rings is 1. The van der Waals surface area contributed by atoms with Gasteiger partial charge >= 0.3 is 6.03 Å². The summed E-state index contributed by atoms with van der Waals surface area (Å²) in [7, 11) is 0. The van der Waals surface area contributed by atoms with E-state index >= 15 is 0 Å². The smallest absolute Gasteiger partial charge is 0.321 e. The number of carbonyl (C=O) groups excluding carboxylic acids is 1. The molecule has 2 aliphatic carbocycles. The number of hydrogen-bond acceptors (Lipinski definition) is 3.